The Kier molecular flexibility index (Phi) is 5.87. The van der Waals surface area contributed by atoms with Crippen LogP contribution in [0.25, 0.3) is 0 Å². The van der Waals surface area contributed by atoms with E-state index in [9.17, 15) is 23.9 Å². The number of carbonyl (C=O) groups is 3. The summed E-state index contributed by atoms with van der Waals surface area (Å²) in [6, 6.07) is 7.36. The van der Waals surface area contributed by atoms with Gasteiger partial charge in [-0.15, -0.1) is 0 Å². The van der Waals surface area contributed by atoms with E-state index in [-0.39, 0.29) is 22.6 Å². The Morgan fingerprint density at radius 1 is 1.20 bits per heavy atom. The van der Waals surface area contributed by atoms with Crippen molar-refractivity contribution < 1.29 is 28.6 Å². The number of phenolic OH excluding ortho intramolecular Hbond substituents is 1. The summed E-state index contributed by atoms with van der Waals surface area (Å²) in [5, 5.41) is 12.0. The highest BCUT2D eigenvalue weighted by molar-refractivity contribution is 9.10. The number of hydrogen-bond acceptors (Lipinski definition) is 5. The van der Waals surface area contributed by atoms with Gasteiger partial charge in [0.2, 0.25) is 5.91 Å². The summed E-state index contributed by atoms with van der Waals surface area (Å²) in [7, 11) is 0. The van der Waals surface area contributed by atoms with Gasteiger partial charge in [0, 0.05) is 17.0 Å². The molecule has 0 heterocycles. The molecule has 0 unspecified atom stereocenters. The topological polar surface area (TPSA) is 92.7 Å². The molecule has 0 bridgehead atoms. The SMILES string of the molecule is CC(=O)Nc1cc(C(=O)COC(=O)c2cc(F)ccc2Br)ccc1O. The zero-order valence-corrected chi connectivity index (χ0v) is 14.6. The maximum absolute atomic E-state index is 13.2. The van der Waals surface area contributed by atoms with E-state index in [2.05, 4.69) is 21.2 Å². The van der Waals surface area contributed by atoms with Crippen LogP contribution < -0.4 is 5.32 Å². The standard InChI is InChI=1S/C17H13BrFNO5/c1-9(21)20-14-6-10(2-5-15(14)22)16(23)8-25-17(24)12-7-11(19)3-4-13(12)18/h2-7,22H,8H2,1H3,(H,20,21). The van der Waals surface area contributed by atoms with Gasteiger partial charge < -0.3 is 15.2 Å². The average Bonchev–Trinajstić information content (AvgIpc) is 2.56. The summed E-state index contributed by atoms with van der Waals surface area (Å²) in [6.45, 7) is 0.679. The highest BCUT2D eigenvalue weighted by Gasteiger charge is 2.16. The third-order valence-electron chi connectivity index (χ3n) is 3.11. The number of phenols is 1. The summed E-state index contributed by atoms with van der Waals surface area (Å²) < 4.78 is 18.4. The summed E-state index contributed by atoms with van der Waals surface area (Å²) in [6.07, 6.45) is 0. The van der Waals surface area contributed by atoms with E-state index >= 15 is 0 Å². The molecule has 0 aliphatic carbocycles. The van der Waals surface area contributed by atoms with E-state index in [1.807, 2.05) is 0 Å². The Bertz CT molecular complexity index is 853. The van der Waals surface area contributed by atoms with Crippen molar-refractivity contribution in [3.63, 3.8) is 0 Å². The molecule has 1 amide bonds. The van der Waals surface area contributed by atoms with Gasteiger partial charge in [0.05, 0.1) is 11.3 Å². The second kappa shape index (κ2) is 7.89. The van der Waals surface area contributed by atoms with Crippen LogP contribution in [0.4, 0.5) is 10.1 Å². The molecule has 0 aromatic heterocycles. The van der Waals surface area contributed by atoms with E-state index in [1.165, 1.54) is 37.3 Å². The van der Waals surface area contributed by atoms with Gasteiger partial charge in [-0.2, -0.15) is 0 Å². The number of carbonyl (C=O) groups excluding carboxylic acids is 3. The van der Waals surface area contributed by atoms with E-state index in [0.29, 0.717) is 4.47 Å². The van der Waals surface area contributed by atoms with Crippen LogP contribution in [-0.4, -0.2) is 29.4 Å². The number of nitrogens with one attached hydrogen (secondary N) is 1. The maximum atomic E-state index is 13.2. The number of aromatic hydroxyl groups is 1. The zero-order chi connectivity index (χ0) is 18.6. The first-order valence-corrected chi connectivity index (χ1v) is 7.83. The molecule has 0 saturated heterocycles. The third kappa shape index (κ3) is 4.87. The second-order valence-corrected chi connectivity index (χ2v) is 5.89. The molecule has 25 heavy (non-hydrogen) atoms. The molecule has 2 N–H and O–H groups in total. The molecule has 2 aromatic rings. The molecule has 2 aromatic carbocycles. The van der Waals surface area contributed by atoms with Crippen LogP contribution in [0.5, 0.6) is 5.75 Å². The lowest BCUT2D eigenvalue weighted by atomic mass is 10.1. The van der Waals surface area contributed by atoms with Crippen molar-refractivity contribution in [1.29, 1.82) is 0 Å². The van der Waals surface area contributed by atoms with Gasteiger partial charge in [-0.05, 0) is 52.3 Å². The monoisotopic (exact) mass is 409 g/mol. The quantitative estimate of drug-likeness (QED) is 0.449. The zero-order valence-electron chi connectivity index (χ0n) is 13.0. The Balaban J connectivity index is 2.08. The summed E-state index contributed by atoms with van der Waals surface area (Å²) in [4.78, 5) is 35.1. The predicted octanol–water partition coefficient (Wildman–Crippen LogP) is 3.29. The van der Waals surface area contributed by atoms with Crippen molar-refractivity contribution in [2.75, 3.05) is 11.9 Å². The van der Waals surface area contributed by atoms with Crippen molar-refractivity contribution >= 4 is 39.3 Å². The van der Waals surface area contributed by atoms with Crippen molar-refractivity contribution in [2.24, 2.45) is 0 Å². The van der Waals surface area contributed by atoms with E-state index in [4.69, 9.17) is 4.74 Å². The molecule has 2 rings (SSSR count). The number of Topliss-reactive ketones (excluding diaryl/α,β-unsaturated/α-hetero) is 1. The molecule has 0 spiro atoms. The molecule has 130 valence electrons. The normalized spacial score (nSPS) is 10.2. The summed E-state index contributed by atoms with van der Waals surface area (Å²) >= 11 is 3.10. The second-order valence-electron chi connectivity index (χ2n) is 5.04. The van der Waals surface area contributed by atoms with Crippen LogP contribution >= 0.6 is 15.9 Å². The van der Waals surface area contributed by atoms with E-state index < -0.39 is 30.1 Å². The highest BCUT2D eigenvalue weighted by Crippen LogP contribution is 2.24. The third-order valence-corrected chi connectivity index (χ3v) is 3.80. The van der Waals surface area contributed by atoms with Crippen molar-refractivity contribution in [3.8, 4) is 5.75 Å². The van der Waals surface area contributed by atoms with Crippen LogP contribution in [0, 0.1) is 5.82 Å². The first-order valence-electron chi connectivity index (χ1n) is 7.04. The van der Waals surface area contributed by atoms with E-state index in [1.54, 1.807) is 0 Å². The van der Waals surface area contributed by atoms with Crippen LogP contribution in [0.15, 0.2) is 40.9 Å². The van der Waals surface area contributed by atoms with Gasteiger partial charge in [-0.3, -0.25) is 9.59 Å². The molecule has 0 fully saturated rings. The lowest BCUT2D eigenvalue weighted by Gasteiger charge is -2.09. The number of anilines is 1. The number of benzene rings is 2. The minimum absolute atomic E-state index is 0.0440. The fourth-order valence-corrected chi connectivity index (χ4v) is 2.35. The predicted molar refractivity (Wildman–Crippen MR) is 91.1 cm³/mol. The molecule has 0 aliphatic heterocycles. The average molecular weight is 410 g/mol. The highest BCUT2D eigenvalue weighted by atomic mass is 79.9. The Morgan fingerprint density at radius 3 is 2.60 bits per heavy atom. The number of ketones is 1. The number of esters is 1. The number of ether oxygens (including phenoxy) is 1. The minimum atomic E-state index is -0.861. The Hall–Kier alpha value is -2.74. The van der Waals surface area contributed by atoms with Crippen molar-refractivity contribution in [1.82, 2.24) is 0 Å². The van der Waals surface area contributed by atoms with E-state index in [0.717, 1.165) is 6.07 Å². The van der Waals surface area contributed by atoms with Crippen LogP contribution in [0.1, 0.15) is 27.6 Å². The molecule has 0 saturated carbocycles. The molecule has 0 radical (unpaired) electrons. The van der Waals surface area contributed by atoms with Gasteiger partial charge in [0.1, 0.15) is 11.6 Å². The smallest absolute Gasteiger partial charge is 0.339 e. The molecule has 8 heteroatoms. The van der Waals surface area contributed by atoms with Gasteiger partial charge in [0.15, 0.2) is 12.4 Å². The molecular weight excluding hydrogens is 397 g/mol. The van der Waals surface area contributed by atoms with Gasteiger partial charge in [-0.25, -0.2) is 9.18 Å². The summed E-state index contributed by atoms with van der Waals surface area (Å²) in [5.74, 6) is -2.64. The molecular formula is C17H13BrFNO5. The first kappa shape index (κ1) is 18.6. The van der Waals surface area contributed by atoms with Crippen molar-refractivity contribution in [3.05, 3.63) is 57.8 Å². The van der Waals surface area contributed by atoms with Crippen molar-refractivity contribution in [2.45, 2.75) is 6.92 Å². The minimum Gasteiger partial charge on any atom is -0.506 e. The molecule has 0 aliphatic rings. The molecule has 0 atom stereocenters. The van der Waals surface area contributed by atoms with Crippen LogP contribution in [-0.2, 0) is 9.53 Å². The largest absolute Gasteiger partial charge is 0.506 e. The van der Waals surface area contributed by atoms with Gasteiger partial charge in [-0.1, -0.05) is 0 Å². The fourth-order valence-electron chi connectivity index (χ4n) is 1.95. The molecule has 6 nitrogen and oxygen atoms in total. The maximum Gasteiger partial charge on any atom is 0.339 e. The van der Waals surface area contributed by atoms with Gasteiger partial charge in [0.25, 0.3) is 0 Å². The van der Waals surface area contributed by atoms with Gasteiger partial charge >= 0.3 is 5.97 Å². The fraction of sp³-hybridized carbons (Fsp3) is 0.118. The van der Waals surface area contributed by atoms with Crippen LogP contribution in [0.3, 0.4) is 0 Å². The van der Waals surface area contributed by atoms with Crippen LogP contribution in [0.2, 0.25) is 0 Å². The lowest BCUT2D eigenvalue weighted by Crippen LogP contribution is -2.15. The Labute approximate surface area is 150 Å². The number of amides is 1. The number of rotatable bonds is 5. The lowest BCUT2D eigenvalue weighted by molar-refractivity contribution is -0.114. The first-order chi connectivity index (χ1) is 11.8. The summed E-state index contributed by atoms with van der Waals surface area (Å²) in [5.41, 5.74) is 0.155. The number of hydrogen-bond donors (Lipinski definition) is 2. The Morgan fingerprint density at radius 2 is 1.92 bits per heavy atom. The number of halogens is 2.